The normalized spacial score (nSPS) is 12.0. The third kappa shape index (κ3) is 4.49. The number of aromatic nitrogens is 3. The summed E-state index contributed by atoms with van der Waals surface area (Å²) in [7, 11) is 0. The van der Waals surface area contributed by atoms with Crippen molar-refractivity contribution in [2.75, 3.05) is 0 Å². The third-order valence-electron chi connectivity index (χ3n) is 11.3. The van der Waals surface area contributed by atoms with Crippen LogP contribution in [0.4, 0.5) is 0 Å². The van der Waals surface area contributed by atoms with Crippen LogP contribution in [-0.4, -0.2) is 14.0 Å². The van der Waals surface area contributed by atoms with E-state index in [1.54, 1.807) is 0 Å². The van der Waals surface area contributed by atoms with Crippen molar-refractivity contribution in [2.45, 2.75) is 0 Å². The second kappa shape index (κ2) is 11.5. The molecule has 0 bridgehead atoms. The van der Waals surface area contributed by atoms with E-state index in [9.17, 15) is 0 Å². The summed E-state index contributed by atoms with van der Waals surface area (Å²) < 4.78 is 10.8. The van der Waals surface area contributed by atoms with Crippen molar-refractivity contribution in [2.24, 2.45) is 0 Å². The lowest BCUT2D eigenvalue weighted by atomic mass is 9.91. The molecule has 0 saturated heterocycles. The van der Waals surface area contributed by atoms with E-state index in [1.165, 1.54) is 54.6 Å². The van der Waals surface area contributed by atoms with E-state index in [4.69, 9.17) is 9.40 Å². The SMILES string of the molecule is c1ccc(-n2c3cc(-c4cccc(-c5cccc(-c6ccc7c8ccccc8c8ccccc8c7c6)c5)c4)ccc3n3c4oc5ccccc5c4nc23)cc1. The zero-order valence-corrected chi connectivity index (χ0v) is 29.6. The van der Waals surface area contributed by atoms with Crippen LogP contribution in [0.3, 0.4) is 0 Å². The molecule has 256 valence electrons. The number of benzene rings is 9. The highest BCUT2D eigenvalue weighted by Gasteiger charge is 2.22. The van der Waals surface area contributed by atoms with Gasteiger partial charge >= 0.3 is 0 Å². The van der Waals surface area contributed by atoms with Gasteiger partial charge in [-0.15, -0.1) is 0 Å². The molecule has 4 nitrogen and oxygen atoms in total. The van der Waals surface area contributed by atoms with E-state index < -0.39 is 0 Å². The van der Waals surface area contributed by atoms with Crippen molar-refractivity contribution in [3.05, 3.63) is 188 Å². The van der Waals surface area contributed by atoms with Gasteiger partial charge in [-0.1, -0.05) is 133 Å². The van der Waals surface area contributed by atoms with Gasteiger partial charge in [-0.25, -0.2) is 9.38 Å². The minimum atomic E-state index is 0.762. The minimum Gasteiger partial charge on any atom is -0.437 e. The first-order valence-electron chi connectivity index (χ1n) is 18.7. The van der Waals surface area contributed by atoms with Crippen molar-refractivity contribution in [1.82, 2.24) is 14.0 Å². The van der Waals surface area contributed by atoms with E-state index in [0.717, 1.165) is 55.8 Å². The highest BCUT2D eigenvalue weighted by molar-refractivity contribution is 6.25. The molecule has 0 amide bonds. The first-order valence-corrected chi connectivity index (χ1v) is 18.7. The van der Waals surface area contributed by atoms with Crippen molar-refractivity contribution < 1.29 is 4.42 Å². The molecule has 4 heteroatoms. The van der Waals surface area contributed by atoms with Crippen LogP contribution in [0.1, 0.15) is 0 Å². The van der Waals surface area contributed by atoms with Gasteiger partial charge in [0.1, 0.15) is 11.1 Å². The summed E-state index contributed by atoms with van der Waals surface area (Å²) in [5.74, 6) is 0.832. The summed E-state index contributed by atoms with van der Waals surface area (Å²) in [6.45, 7) is 0. The molecule has 12 rings (SSSR count). The summed E-state index contributed by atoms with van der Waals surface area (Å²) >= 11 is 0. The highest BCUT2D eigenvalue weighted by atomic mass is 16.3. The van der Waals surface area contributed by atoms with Crippen LogP contribution in [0.2, 0.25) is 0 Å². The summed E-state index contributed by atoms with van der Waals surface area (Å²) in [6.07, 6.45) is 0. The molecular weight excluding hydrogens is 671 g/mol. The summed E-state index contributed by atoms with van der Waals surface area (Å²) in [4.78, 5) is 5.18. The van der Waals surface area contributed by atoms with Gasteiger partial charge in [-0.2, -0.15) is 0 Å². The molecule has 0 N–H and O–H groups in total. The quantitative estimate of drug-likeness (QED) is 0.171. The monoisotopic (exact) mass is 701 g/mol. The maximum Gasteiger partial charge on any atom is 0.234 e. The van der Waals surface area contributed by atoms with Gasteiger partial charge in [-0.3, -0.25) is 4.57 Å². The Morgan fingerprint density at radius 1 is 0.364 bits per heavy atom. The number of hydrogen-bond acceptors (Lipinski definition) is 2. The van der Waals surface area contributed by atoms with Crippen LogP contribution in [0, 0.1) is 0 Å². The standard InChI is InChI=1S/C51H31N3O/c1-2-16-38(17-3-1)53-47-31-37(25-27-46(47)54-50-49(52-51(53)54)44-22-8-9-23-48(44)55-50)35-15-11-13-33(29-35)32-12-10-14-34(28-32)36-24-26-43-41-20-5-4-18-39(41)40-19-6-7-21-42(40)45(43)30-36/h1-31H. The van der Waals surface area contributed by atoms with Gasteiger partial charge in [0.2, 0.25) is 11.5 Å². The van der Waals surface area contributed by atoms with E-state index in [2.05, 4.69) is 173 Å². The fraction of sp³-hybridized carbons (Fsp3) is 0. The zero-order chi connectivity index (χ0) is 36.0. The molecule has 0 aliphatic heterocycles. The van der Waals surface area contributed by atoms with Gasteiger partial charge < -0.3 is 4.42 Å². The van der Waals surface area contributed by atoms with Crippen LogP contribution in [0.5, 0.6) is 0 Å². The maximum absolute atomic E-state index is 6.43. The Balaban J connectivity index is 0.978. The first kappa shape index (κ1) is 30.1. The zero-order valence-electron chi connectivity index (χ0n) is 29.6. The van der Waals surface area contributed by atoms with E-state index in [-0.39, 0.29) is 0 Å². The lowest BCUT2D eigenvalue weighted by Gasteiger charge is -2.13. The molecule has 0 fully saturated rings. The predicted molar refractivity (Wildman–Crippen MR) is 228 cm³/mol. The van der Waals surface area contributed by atoms with Gasteiger partial charge in [0.05, 0.1) is 11.0 Å². The molecule has 55 heavy (non-hydrogen) atoms. The smallest absolute Gasteiger partial charge is 0.234 e. The molecule has 0 saturated carbocycles. The second-order valence-corrected chi connectivity index (χ2v) is 14.4. The van der Waals surface area contributed by atoms with Crippen molar-refractivity contribution in [3.63, 3.8) is 0 Å². The Hall–Kier alpha value is -7.43. The first-order chi connectivity index (χ1) is 27.3. The lowest BCUT2D eigenvalue weighted by molar-refractivity contribution is 0.651. The fourth-order valence-electron chi connectivity index (χ4n) is 8.74. The van der Waals surface area contributed by atoms with Crippen molar-refractivity contribution in [3.8, 4) is 39.1 Å². The Morgan fingerprint density at radius 2 is 0.873 bits per heavy atom. The van der Waals surface area contributed by atoms with E-state index in [0.29, 0.717) is 0 Å². The summed E-state index contributed by atoms with van der Waals surface area (Å²) in [5.41, 5.74) is 12.7. The number of furan rings is 1. The Labute approximate surface area is 315 Å². The van der Waals surface area contributed by atoms with Crippen molar-refractivity contribution >= 4 is 71.3 Å². The average molecular weight is 702 g/mol. The van der Waals surface area contributed by atoms with Crippen LogP contribution >= 0.6 is 0 Å². The largest absolute Gasteiger partial charge is 0.437 e. The van der Waals surface area contributed by atoms with Crippen molar-refractivity contribution in [1.29, 1.82) is 0 Å². The molecule has 9 aromatic carbocycles. The summed E-state index contributed by atoms with van der Waals surface area (Å²) in [6, 6.07) is 67.5. The molecule has 0 atom stereocenters. The minimum absolute atomic E-state index is 0.762. The third-order valence-corrected chi connectivity index (χ3v) is 11.3. The van der Waals surface area contributed by atoms with Gasteiger partial charge in [0.25, 0.3) is 0 Å². The van der Waals surface area contributed by atoms with E-state index >= 15 is 0 Å². The Kier molecular flexibility index (Phi) is 6.31. The molecule has 0 aliphatic rings. The molecule has 0 aliphatic carbocycles. The van der Waals surface area contributed by atoms with Gasteiger partial charge in [-0.05, 0) is 120 Å². The van der Waals surface area contributed by atoms with Crippen LogP contribution < -0.4 is 0 Å². The summed E-state index contributed by atoms with van der Waals surface area (Å²) in [5, 5.41) is 8.75. The van der Waals surface area contributed by atoms with Crippen LogP contribution in [-0.2, 0) is 0 Å². The van der Waals surface area contributed by atoms with Gasteiger partial charge in [0, 0.05) is 11.1 Å². The molecule has 0 radical (unpaired) electrons. The molecule has 3 heterocycles. The highest BCUT2D eigenvalue weighted by Crippen LogP contribution is 2.39. The second-order valence-electron chi connectivity index (χ2n) is 14.4. The number of imidazole rings is 2. The average Bonchev–Trinajstić information content (AvgIpc) is 3.91. The fourth-order valence-corrected chi connectivity index (χ4v) is 8.74. The molecular formula is C51H31N3O. The lowest BCUT2D eigenvalue weighted by Crippen LogP contribution is -1.94. The maximum atomic E-state index is 6.43. The van der Waals surface area contributed by atoms with E-state index in [1.807, 2.05) is 24.3 Å². The Bertz CT molecular complexity index is 3460. The predicted octanol–water partition coefficient (Wildman–Crippen LogP) is 13.6. The van der Waals surface area contributed by atoms with Crippen LogP contribution in [0.15, 0.2) is 192 Å². The van der Waals surface area contributed by atoms with Gasteiger partial charge in [0.15, 0.2) is 0 Å². The topological polar surface area (TPSA) is 35.4 Å². The van der Waals surface area contributed by atoms with Crippen LogP contribution in [0.25, 0.3) is 110 Å². The number of rotatable bonds is 4. The number of fused-ring (bicyclic) bond motifs is 13. The Morgan fingerprint density at radius 3 is 1.53 bits per heavy atom. The number of nitrogens with zero attached hydrogens (tertiary/aromatic N) is 3. The molecule has 12 aromatic rings. The molecule has 0 spiro atoms. The number of para-hydroxylation sites is 2. The molecule has 3 aromatic heterocycles. The number of hydrogen-bond donors (Lipinski definition) is 0. The molecule has 0 unspecified atom stereocenters.